The van der Waals surface area contributed by atoms with Gasteiger partial charge >= 0.3 is 0 Å². The Morgan fingerprint density at radius 2 is 1.95 bits per heavy atom. The second-order valence-corrected chi connectivity index (χ2v) is 4.76. The highest BCUT2D eigenvalue weighted by Crippen LogP contribution is 2.17. The van der Waals surface area contributed by atoms with E-state index < -0.39 is 13.0 Å². The minimum atomic E-state index is -2.46. The number of aromatic nitrogens is 3. The third kappa shape index (κ3) is 5.25. The summed E-state index contributed by atoms with van der Waals surface area (Å²) >= 11 is 0. The maximum Gasteiger partial charge on any atom is 0.261 e. The first-order chi connectivity index (χ1) is 10.1. The van der Waals surface area contributed by atoms with Crippen LogP contribution in [-0.2, 0) is 4.74 Å². The Labute approximate surface area is 121 Å². The van der Waals surface area contributed by atoms with E-state index in [-0.39, 0.29) is 12.6 Å². The third-order valence-corrected chi connectivity index (χ3v) is 3.05. The molecule has 1 aliphatic heterocycles. The van der Waals surface area contributed by atoms with Crippen LogP contribution in [0.2, 0.25) is 0 Å². The van der Waals surface area contributed by atoms with E-state index in [0.717, 1.165) is 25.9 Å². The van der Waals surface area contributed by atoms with E-state index in [1.165, 1.54) is 6.42 Å². The van der Waals surface area contributed by atoms with Gasteiger partial charge in [0.1, 0.15) is 6.61 Å². The Hall–Kier alpha value is -1.77. The Balaban J connectivity index is 1.86. The predicted molar refractivity (Wildman–Crippen MR) is 75.6 cm³/mol. The van der Waals surface area contributed by atoms with Gasteiger partial charge in [0.2, 0.25) is 17.8 Å². The summed E-state index contributed by atoms with van der Waals surface area (Å²) in [4.78, 5) is 14.5. The van der Waals surface area contributed by atoms with Crippen LogP contribution in [0.5, 0.6) is 0 Å². The van der Waals surface area contributed by atoms with E-state index in [1.54, 1.807) is 0 Å². The van der Waals surface area contributed by atoms with E-state index in [4.69, 9.17) is 10.5 Å². The Kier molecular flexibility index (Phi) is 5.85. The number of ether oxygens (including phenoxy) is 1. The minimum Gasteiger partial charge on any atom is -0.374 e. The van der Waals surface area contributed by atoms with Crippen molar-refractivity contribution in [2.24, 2.45) is 0 Å². The summed E-state index contributed by atoms with van der Waals surface area (Å²) in [6.45, 7) is 1.71. The number of hydrogen-bond donors (Lipinski definition) is 2. The van der Waals surface area contributed by atoms with Crippen molar-refractivity contribution in [3.63, 3.8) is 0 Å². The molecule has 2 heterocycles. The molecule has 0 amide bonds. The molecule has 1 aliphatic rings. The van der Waals surface area contributed by atoms with Crippen LogP contribution in [0.4, 0.5) is 26.6 Å². The summed E-state index contributed by atoms with van der Waals surface area (Å²) < 4.78 is 28.6. The maximum absolute atomic E-state index is 11.9. The molecule has 0 spiro atoms. The third-order valence-electron chi connectivity index (χ3n) is 3.05. The van der Waals surface area contributed by atoms with Crippen LogP contribution in [0.25, 0.3) is 0 Å². The van der Waals surface area contributed by atoms with E-state index in [0.29, 0.717) is 18.4 Å². The SMILES string of the molecule is Nc1nc(NCCOCC(F)F)nc(N2CCCCC2)n1. The highest BCUT2D eigenvalue weighted by molar-refractivity contribution is 5.42. The van der Waals surface area contributed by atoms with Crippen molar-refractivity contribution in [1.29, 1.82) is 0 Å². The van der Waals surface area contributed by atoms with Crippen molar-refractivity contribution in [2.75, 3.05) is 48.8 Å². The van der Waals surface area contributed by atoms with Gasteiger partial charge in [-0.05, 0) is 19.3 Å². The van der Waals surface area contributed by atoms with Crippen molar-refractivity contribution >= 4 is 17.8 Å². The van der Waals surface area contributed by atoms with Gasteiger partial charge in [-0.2, -0.15) is 15.0 Å². The van der Waals surface area contributed by atoms with Crippen molar-refractivity contribution in [2.45, 2.75) is 25.7 Å². The summed E-state index contributed by atoms with van der Waals surface area (Å²) in [5.41, 5.74) is 5.68. The number of rotatable bonds is 7. The molecule has 1 saturated heterocycles. The van der Waals surface area contributed by atoms with Crippen LogP contribution in [0.1, 0.15) is 19.3 Å². The average Bonchev–Trinajstić information content (AvgIpc) is 2.47. The lowest BCUT2D eigenvalue weighted by molar-refractivity contribution is 0.0214. The van der Waals surface area contributed by atoms with Gasteiger partial charge in [0.05, 0.1) is 6.61 Å². The second-order valence-electron chi connectivity index (χ2n) is 4.76. The molecule has 0 saturated carbocycles. The number of hydrogen-bond acceptors (Lipinski definition) is 7. The van der Waals surface area contributed by atoms with Crippen LogP contribution < -0.4 is 16.0 Å². The average molecular weight is 302 g/mol. The molecule has 0 radical (unpaired) electrons. The van der Waals surface area contributed by atoms with Gasteiger partial charge in [-0.1, -0.05) is 0 Å². The highest BCUT2D eigenvalue weighted by atomic mass is 19.3. The fourth-order valence-corrected chi connectivity index (χ4v) is 2.10. The molecule has 9 heteroatoms. The van der Waals surface area contributed by atoms with Gasteiger partial charge in [-0.15, -0.1) is 0 Å². The topological polar surface area (TPSA) is 89.2 Å². The minimum absolute atomic E-state index is 0.140. The van der Waals surface area contributed by atoms with Gasteiger partial charge in [0.25, 0.3) is 6.43 Å². The Morgan fingerprint density at radius 1 is 1.19 bits per heavy atom. The van der Waals surface area contributed by atoms with Crippen molar-refractivity contribution in [3.8, 4) is 0 Å². The quantitative estimate of drug-likeness (QED) is 0.730. The summed E-state index contributed by atoms with van der Waals surface area (Å²) in [5, 5.41) is 2.90. The molecule has 7 nitrogen and oxygen atoms in total. The smallest absolute Gasteiger partial charge is 0.261 e. The molecule has 0 unspecified atom stereocenters. The molecule has 0 atom stereocenters. The molecule has 21 heavy (non-hydrogen) atoms. The van der Waals surface area contributed by atoms with Crippen LogP contribution in [0.3, 0.4) is 0 Å². The molecule has 1 aromatic heterocycles. The lowest BCUT2D eigenvalue weighted by Gasteiger charge is -2.26. The van der Waals surface area contributed by atoms with E-state index in [9.17, 15) is 8.78 Å². The second kappa shape index (κ2) is 7.87. The molecule has 1 fully saturated rings. The highest BCUT2D eigenvalue weighted by Gasteiger charge is 2.15. The van der Waals surface area contributed by atoms with E-state index >= 15 is 0 Å². The zero-order chi connectivity index (χ0) is 15.1. The summed E-state index contributed by atoms with van der Waals surface area (Å²) in [6, 6.07) is 0. The van der Waals surface area contributed by atoms with Crippen LogP contribution >= 0.6 is 0 Å². The number of anilines is 3. The molecule has 1 aromatic rings. The molecule has 3 N–H and O–H groups in total. The summed E-state index contributed by atoms with van der Waals surface area (Å²) in [5.74, 6) is 1.03. The molecular weight excluding hydrogens is 282 g/mol. The molecule has 0 aliphatic carbocycles. The van der Waals surface area contributed by atoms with Crippen LogP contribution in [0, 0.1) is 0 Å². The molecule has 118 valence electrons. The number of alkyl halides is 2. The fourth-order valence-electron chi connectivity index (χ4n) is 2.10. The number of piperidine rings is 1. The number of nitrogens with one attached hydrogen (secondary N) is 1. The lowest BCUT2D eigenvalue weighted by atomic mass is 10.1. The van der Waals surface area contributed by atoms with Gasteiger partial charge in [-0.3, -0.25) is 0 Å². The molecule has 0 aromatic carbocycles. The van der Waals surface area contributed by atoms with Crippen LogP contribution in [-0.4, -0.2) is 54.2 Å². The summed E-state index contributed by atoms with van der Waals surface area (Å²) in [7, 11) is 0. The Morgan fingerprint density at radius 3 is 2.67 bits per heavy atom. The first-order valence-corrected chi connectivity index (χ1v) is 7.01. The first-order valence-electron chi connectivity index (χ1n) is 7.01. The fraction of sp³-hybridized carbons (Fsp3) is 0.750. The van der Waals surface area contributed by atoms with Crippen molar-refractivity contribution in [3.05, 3.63) is 0 Å². The van der Waals surface area contributed by atoms with E-state index in [1.807, 2.05) is 0 Å². The van der Waals surface area contributed by atoms with Gasteiger partial charge in [0, 0.05) is 19.6 Å². The first kappa shape index (κ1) is 15.6. The predicted octanol–water partition coefficient (Wildman–Crippen LogP) is 1.14. The monoisotopic (exact) mass is 302 g/mol. The van der Waals surface area contributed by atoms with Crippen molar-refractivity contribution < 1.29 is 13.5 Å². The standard InChI is InChI=1S/C12H20F2N6O/c13-9(14)8-21-7-4-16-11-17-10(15)18-12(19-11)20-5-2-1-3-6-20/h9H,1-8H2,(H3,15,16,17,18,19). The molecule has 2 rings (SSSR count). The van der Waals surface area contributed by atoms with Gasteiger partial charge in [0.15, 0.2) is 0 Å². The maximum atomic E-state index is 11.9. The number of nitrogens with two attached hydrogens (primary N) is 1. The Bertz CT molecular complexity index is 442. The number of nitrogen functional groups attached to an aromatic ring is 1. The van der Waals surface area contributed by atoms with Crippen molar-refractivity contribution in [1.82, 2.24) is 15.0 Å². The van der Waals surface area contributed by atoms with E-state index in [2.05, 4.69) is 25.2 Å². The number of nitrogens with zero attached hydrogens (tertiary/aromatic N) is 4. The molecule has 0 bridgehead atoms. The van der Waals surface area contributed by atoms with Gasteiger partial charge < -0.3 is 20.7 Å². The largest absolute Gasteiger partial charge is 0.374 e. The van der Waals surface area contributed by atoms with Crippen LogP contribution in [0.15, 0.2) is 0 Å². The molecular formula is C12H20F2N6O. The zero-order valence-corrected chi connectivity index (χ0v) is 11.8. The normalized spacial score (nSPS) is 15.5. The zero-order valence-electron chi connectivity index (χ0n) is 11.8. The number of halogens is 2. The lowest BCUT2D eigenvalue weighted by Crippen LogP contribution is -2.31. The summed E-state index contributed by atoms with van der Waals surface area (Å²) in [6.07, 6.45) is 0.971. The van der Waals surface area contributed by atoms with Gasteiger partial charge in [-0.25, -0.2) is 8.78 Å².